The minimum atomic E-state index is -0.304. The minimum absolute atomic E-state index is 0.00744. The average molecular weight is 490 g/mol. The van der Waals surface area contributed by atoms with E-state index in [1.165, 1.54) is 12.1 Å². The van der Waals surface area contributed by atoms with Crippen molar-refractivity contribution in [3.8, 4) is 0 Å². The first kappa shape index (κ1) is 26.3. The van der Waals surface area contributed by atoms with Crippen LogP contribution in [0.5, 0.6) is 0 Å². The Balaban J connectivity index is 1.72. The maximum atomic E-state index is 13.5. The molecule has 1 aromatic carbocycles. The molecule has 3 rings (SSSR count). The summed E-state index contributed by atoms with van der Waals surface area (Å²) in [6.45, 7) is 11.2. The Kier molecular flexibility index (Phi) is 9.62. The number of hydrogen-bond donors (Lipinski definition) is 0. The summed E-state index contributed by atoms with van der Waals surface area (Å²) in [5, 5.41) is 1.98. The third-order valence-corrected chi connectivity index (χ3v) is 6.58. The van der Waals surface area contributed by atoms with E-state index < -0.39 is 0 Å². The van der Waals surface area contributed by atoms with Crippen LogP contribution in [0.1, 0.15) is 37.6 Å². The van der Waals surface area contributed by atoms with Crippen LogP contribution in [-0.4, -0.2) is 72.5 Å². The largest absolute Gasteiger partial charge is 0.379 e. The third kappa shape index (κ3) is 8.81. The lowest BCUT2D eigenvalue weighted by Gasteiger charge is -2.32. The van der Waals surface area contributed by atoms with Crippen molar-refractivity contribution in [1.29, 1.82) is 0 Å². The fourth-order valence-electron chi connectivity index (χ4n) is 3.84. The highest BCUT2D eigenvalue weighted by atomic mass is 32.1. The first-order valence-electron chi connectivity index (χ1n) is 11.8. The van der Waals surface area contributed by atoms with Crippen LogP contribution in [-0.2, 0) is 27.4 Å². The molecule has 0 N–H and O–H groups in total. The molecule has 0 aliphatic carbocycles. The van der Waals surface area contributed by atoms with Gasteiger partial charge < -0.3 is 14.5 Å². The van der Waals surface area contributed by atoms with Gasteiger partial charge in [-0.2, -0.15) is 0 Å². The zero-order chi connectivity index (χ0) is 24.6. The normalized spacial score (nSPS) is 14.7. The van der Waals surface area contributed by atoms with E-state index in [9.17, 15) is 14.0 Å². The fraction of sp³-hybridized carbons (Fsp3) is 0.538. The van der Waals surface area contributed by atoms with Crippen LogP contribution in [0.15, 0.2) is 41.8 Å². The van der Waals surface area contributed by atoms with Crippen LogP contribution >= 0.6 is 11.3 Å². The second-order valence-electron chi connectivity index (χ2n) is 9.96. The van der Waals surface area contributed by atoms with Crippen LogP contribution in [0.25, 0.3) is 0 Å². The summed E-state index contributed by atoms with van der Waals surface area (Å²) >= 11 is 1.59. The summed E-state index contributed by atoms with van der Waals surface area (Å²) in [6, 6.07) is 10.2. The van der Waals surface area contributed by atoms with Crippen molar-refractivity contribution >= 4 is 23.2 Å². The Bertz CT molecular complexity index is 906. The van der Waals surface area contributed by atoms with Crippen LogP contribution in [0, 0.1) is 11.2 Å². The van der Waals surface area contributed by atoms with E-state index >= 15 is 0 Å². The Labute approximate surface area is 206 Å². The molecule has 2 heterocycles. The molecule has 0 spiro atoms. The van der Waals surface area contributed by atoms with Crippen LogP contribution in [0.4, 0.5) is 4.39 Å². The Morgan fingerprint density at radius 2 is 1.74 bits per heavy atom. The molecular formula is C26H36FN3O3S. The van der Waals surface area contributed by atoms with Crippen molar-refractivity contribution in [1.82, 2.24) is 14.7 Å². The van der Waals surface area contributed by atoms with E-state index in [4.69, 9.17) is 4.74 Å². The lowest BCUT2D eigenvalue weighted by atomic mass is 9.91. The van der Waals surface area contributed by atoms with Crippen molar-refractivity contribution in [3.05, 3.63) is 58.0 Å². The molecule has 0 unspecified atom stereocenters. The Morgan fingerprint density at radius 1 is 1.03 bits per heavy atom. The number of rotatable bonds is 10. The number of thiophene rings is 1. The third-order valence-electron chi connectivity index (χ3n) is 5.72. The van der Waals surface area contributed by atoms with Gasteiger partial charge in [-0.1, -0.05) is 39.0 Å². The smallest absolute Gasteiger partial charge is 0.242 e. The number of carbonyl (C=O) groups excluding carboxylic acids is 2. The fourth-order valence-corrected chi connectivity index (χ4v) is 4.56. The number of morpholine rings is 1. The number of nitrogens with zero attached hydrogens (tertiary/aromatic N) is 3. The number of halogens is 1. The van der Waals surface area contributed by atoms with Crippen LogP contribution < -0.4 is 0 Å². The molecule has 2 amide bonds. The van der Waals surface area contributed by atoms with E-state index in [1.807, 2.05) is 38.3 Å². The average Bonchev–Trinajstić information content (AvgIpc) is 3.30. The summed E-state index contributed by atoms with van der Waals surface area (Å²) in [7, 11) is 0. The standard InChI is InChI=1S/C26H36FN3O3S/c1-26(2,3)17-24(31)29(11-10-28-12-14-33-15-13-28)20-25(32)30(19-23-5-4-16-34-23)18-21-6-8-22(27)9-7-21/h4-9,16H,10-15,17-20H2,1-3H3. The van der Waals surface area contributed by atoms with E-state index in [1.54, 1.807) is 33.3 Å². The predicted molar refractivity (Wildman–Crippen MR) is 133 cm³/mol. The number of amides is 2. The summed E-state index contributed by atoms with van der Waals surface area (Å²) in [5.41, 5.74) is 0.689. The topological polar surface area (TPSA) is 53.1 Å². The highest BCUT2D eigenvalue weighted by Crippen LogP contribution is 2.21. The van der Waals surface area contributed by atoms with E-state index in [-0.39, 0.29) is 29.6 Å². The van der Waals surface area contributed by atoms with E-state index in [2.05, 4.69) is 4.90 Å². The molecule has 2 aromatic rings. The van der Waals surface area contributed by atoms with Gasteiger partial charge in [-0.25, -0.2) is 4.39 Å². The molecule has 0 bridgehead atoms. The van der Waals surface area contributed by atoms with Gasteiger partial charge >= 0.3 is 0 Å². The Hall–Kier alpha value is -2.29. The SMILES string of the molecule is CC(C)(C)CC(=O)N(CCN1CCOCC1)CC(=O)N(Cc1ccc(F)cc1)Cc1cccs1. The Morgan fingerprint density at radius 3 is 2.35 bits per heavy atom. The van der Waals surface area contributed by atoms with Gasteiger partial charge in [0, 0.05) is 44.0 Å². The highest BCUT2D eigenvalue weighted by Gasteiger charge is 2.26. The van der Waals surface area contributed by atoms with Gasteiger partial charge in [0.25, 0.3) is 0 Å². The number of ether oxygens (including phenoxy) is 1. The summed E-state index contributed by atoms with van der Waals surface area (Å²) < 4.78 is 18.8. The maximum absolute atomic E-state index is 13.5. The van der Waals surface area contributed by atoms with E-state index in [0.29, 0.717) is 39.3 Å². The molecular weight excluding hydrogens is 453 g/mol. The maximum Gasteiger partial charge on any atom is 0.242 e. The summed E-state index contributed by atoms with van der Waals surface area (Å²) in [6.07, 6.45) is 0.381. The van der Waals surface area contributed by atoms with Gasteiger partial charge in [-0.05, 0) is 34.6 Å². The van der Waals surface area contributed by atoms with Crippen molar-refractivity contribution in [2.45, 2.75) is 40.3 Å². The van der Waals surface area contributed by atoms with Crippen molar-refractivity contribution in [2.75, 3.05) is 45.9 Å². The first-order valence-corrected chi connectivity index (χ1v) is 12.7. The molecule has 1 saturated heterocycles. The quantitative estimate of drug-likeness (QED) is 0.506. The molecule has 0 saturated carbocycles. The van der Waals surface area contributed by atoms with Crippen molar-refractivity contribution in [2.24, 2.45) is 5.41 Å². The lowest BCUT2D eigenvalue weighted by Crippen LogP contribution is -2.47. The second kappa shape index (κ2) is 12.4. The van der Waals surface area contributed by atoms with E-state index in [0.717, 1.165) is 30.1 Å². The second-order valence-corrected chi connectivity index (χ2v) is 11.0. The molecule has 186 valence electrons. The molecule has 1 aliphatic heterocycles. The van der Waals surface area contributed by atoms with Gasteiger partial charge in [0.1, 0.15) is 5.82 Å². The summed E-state index contributed by atoms with van der Waals surface area (Å²) in [4.78, 5) is 33.5. The zero-order valence-electron chi connectivity index (χ0n) is 20.5. The monoisotopic (exact) mass is 489 g/mol. The number of benzene rings is 1. The van der Waals surface area contributed by atoms with Crippen molar-refractivity contribution in [3.63, 3.8) is 0 Å². The molecule has 1 aliphatic rings. The van der Waals surface area contributed by atoms with Gasteiger partial charge in [0.2, 0.25) is 11.8 Å². The predicted octanol–water partition coefficient (Wildman–Crippen LogP) is 4.01. The molecule has 34 heavy (non-hydrogen) atoms. The molecule has 0 radical (unpaired) electrons. The van der Waals surface area contributed by atoms with Gasteiger partial charge in [0.05, 0.1) is 26.3 Å². The molecule has 0 atom stereocenters. The summed E-state index contributed by atoms with van der Waals surface area (Å²) in [5.74, 6) is -0.420. The number of carbonyl (C=O) groups is 2. The van der Waals surface area contributed by atoms with Gasteiger partial charge in [0.15, 0.2) is 0 Å². The molecule has 1 fully saturated rings. The van der Waals surface area contributed by atoms with Gasteiger partial charge in [-0.3, -0.25) is 14.5 Å². The molecule has 1 aromatic heterocycles. The number of hydrogen-bond acceptors (Lipinski definition) is 5. The molecule has 8 heteroatoms. The zero-order valence-corrected chi connectivity index (χ0v) is 21.3. The van der Waals surface area contributed by atoms with Gasteiger partial charge in [-0.15, -0.1) is 11.3 Å². The minimum Gasteiger partial charge on any atom is -0.379 e. The first-order chi connectivity index (χ1) is 16.2. The van der Waals surface area contributed by atoms with Crippen molar-refractivity contribution < 1.29 is 18.7 Å². The van der Waals surface area contributed by atoms with Crippen LogP contribution in [0.2, 0.25) is 0 Å². The van der Waals surface area contributed by atoms with Crippen LogP contribution in [0.3, 0.4) is 0 Å². The molecule has 6 nitrogen and oxygen atoms in total. The lowest BCUT2D eigenvalue weighted by molar-refractivity contribution is -0.142. The highest BCUT2D eigenvalue weighted by molar-refractivity contribution is 7.09.